The Hall–Kier alpha value is -4.75. The Balaban J connectivity index is 1.43. The van der Waals surface area contributed by atoms with Gasteiger partial charge >= 0.3 is 4.87 Å². The molecule has 2 N–H and O–H groups in total. The third-order valence-corrected chi connectivity index (χ3v) is 10.2. The van der Waals surface area contributed by atoms with Gasteiger partial charge in [-0.05, 0) is 66.2 Å². The summed E-state index contributed by atoms with van der Waals surface area (Å²) in [5.74, 6) is -1.19. The molecule has 3 atom stereocenters. The van der Waals surface area contributed by atoms with Gasteiger partial charge in [0.15, 0.2) is 11.5 Å². The van der Waals surface area contributed by atoms with Crippen molar-refractivity contribution in [1.82, 2.24) is 4.57 Å². The van der Waals surface area contributed by atoms with Gasteiger partial charge in [-0.3, -0.25) is 23.7 Å². The Kier molecular flexibility index (Phi) is 7.82. The van der Waals surface area contributed by atoms with E-state index in [1.807, 2.05) is 0 Å². The number of benzene rings is 3. The van der Waals surface area contributed by atoms with E-state index in [0.29, 0.717) is 44.1 Å². The second-order valence-corrected chi connectivity index (χ2v) is 12.2. The number of phenols is 1. The molecule has 6 rings (SSSR count). The molecule has 13 heteroatoms. The first kappa shape index (κ1) is 29.3. The monoisotopic (exact) mass is 633 g/mol. The quantitative estimate of drug-likeness (QED) is 0.217. The first-order valence-electron chi connectivity index (χ1n) is 13.5. The lowest BCUT2D eigenvalue weighted by Gasteiger charge is -2.31. The zero-order chi connectivity index (χ0) is 31.1. The number of ether oxygens (including phenoxy) is 3. The molecule has 0 bridgehead atoms. The average Bonchev–Trinajstić information content (AvgIpc) is 3.47. The van der Waals surface area contributed by atoms with E-state index in [2.05, 4.69) is 5.32 Å². The zero-order valence-corrected chi connectivity index (χ0v) is 25.4. The van der Waals surface area contributed by atoms with Crippen LogP contribution in [0, 0.1) is 5.92 Å². The number of thiazole rings is 1. The number of anilines is 2. The molecule has 2 aliphatic rings. The maximum absolute atomic E-state index is 14.1. The van der Waals surface area contributed by atoms with Crippen molar-refractivity contribution in [3.63, 3.8) is 0 Å². The van der Waals surface area contributed by atoms with Crippen molar-refractivity contribution >= 4 is 52.2 Å². The summed E-state index contributed by atoms with van der Waals surface area (Å²) in [5.41, 5.74) is 1.53. The van der Waals surface area contributed by atoms with E-state index in [1.54, 1.807) is 54.6 Å². The highest BCUT2D eigenvalue weighted by Crippen LogP contribution is 2.54. The number of aromatic nitrogens is 1. The van der Waals surface area contributed by atoms with Crippen LogP contribution in [0.5, 0.6) is 23.0 Å². The van der Waals surface area contributed by atoms with Crippen LogP contribution in [0.1, 0.15) is 16.4 Å². The summed E-state index contributed by atoms with van der Waals surface area (Å²) in [7, 11) is 4.55. The topological polar surface area (TPSA) is 136 Å². The molecule has 0 saturated carbocycles. The summed E-state index contributed by atoms with van der Waals surface area (Å²) in [5, 5.41) is 11.9. The molecule has 44 heavy (non-hydrogen) atoms. The standard InChI is InChI=1S/C31H27N3O8S2/c1-40-20-11-7-18(8-12-20)34-28(37)25-24(16-4-13-21(41-2)22(14-16)42-3)27-30(43-26(25)29(34)38)33(31(39)44-27)15-23(36)32-17-5-9-19(35)10-6-17/h4-14,24-26,35H,15H2,1-3H3,(H,32,36). The Morgan fingerprint density at radius 3 is 2.25 bits per heavy atom. The Bertz CT molecular complexity index is 1820. The number of rotatable bonds is 8. The van der Waals surface area contributed by atoms with Gasteiger partial charge in [-0.2, -0.15) is 0 Å². The van der Waals surface area contributed by atoms with Crippen LogP contribution >= 0.6 is 23.1 Å². The highest BCUT2D eigenvalue weighted by molar-refractivity contribution is 8.00. The molecule has 11 nitrogen and oxygen atoms in total. The number of aromatic hydroxyl groups is 1. The third-order valence-electron chi connectivity index (χ3n) is 7.60. The van der Waals surface area contributed by atoms with Crippen LogP contribution in [0.4, 0.5) is 11.4 Å². The number of imide groups is 1. The molecular formula is C31H27N3O8S2. The number of methoxy groups -OCH3 is 3. The summed E-state index contributed by atoms with van der Waals surface area (Å²) in [6, 6.07) is 17.9. The van der Waals surface area contributed by atoms with Crippen molar-refractivity contribution in [1.29, 1.82) is 0 Å². The molecule has 3 heterocycles. The van der Waals surface area contributed by atoms with Crippen molar-refractivity contribution in [3.8, 4) is 23.0 Å². The number of hydrogen-bond acceptors (Lipinski definition) is 10. The Morgan fingerprint density at radius 1 is 0.886 bits per heavy atom. The molecule has 4 aromatic rings. The van der Waals surface area contributed by atoms with Gasteiger partial charge in [-0.25, -0.2) is 4.90 Å². The van der Waals surface area contributed by atoms with Crippen molar-refractivity contribution in [3.05, 3.63) is 86.8 Å². The molecule has 2 aliphatic heterocycles. The van der Waals surface area contributed by atoms with Gasteiger partial charge in [0.2, 0.25) is 17.7 Å². The Labute approximate surface area is 260 Å². The number of nitrogens with one attached hydrogen (secondary N) is 1. The second-order valence-electron chi connectivity index (χ2n) is 10.1. The lowest BCUT2D eigenvalue weighted by atomic mass is 9.83. The minimum absolute atomic E-state index is 0.0535. The molecule has 0 aliphatic carbocycles. The fourth-order valence-electron chi connectivity index (χ4n) is 5.54. The third kappa shape index (κ3) is 5.07. The second kappa shape index (κ2) is 11.7. The normalized spacial score (nSPS) is 18.9. The summed E-state index contributed by atoms with van der Waals surface area (Å²) in [6.45, 7) is -0.307. The maximum Gasteiger partial charge on any atom is 0.308 e. The Morgan fingerprint density at radius 2 is 1.59 bits per heavy atom. The number of amides is 3. The number of fused-ring (bicyclic) bond motifs is 2. The molecule has 0 spiro atoms. The van der Waals surface area contributed by atoms with Crippen molar-refractivity contribution < 1.29 is 33.7 Å². The van der Waals surface area contributed by atoms with Gasteiger partial charge in [0.25, 0.3) is 0 Å². The summed E-state index contributed by atoms with van der Waals surface area (Å²) < 4.78 is 17.5. The number of phenolic OH excluding ortho intramolecular Hbond substituents is 1. The van der Waals surface area contributed by atoms with Gasteiger partial charge in [0.1, 0.15) is 23.3 Å². The lowest BCUT2D eigenvalue weighted by Crippen LogP contribution is -2.33. The highest BCUT2D eigenvalue weighted by atomic mass is 32.2. The molecule has 1 aromatic heterocycles. The first-order chi connectivity index (χ1) is 21.2. The molecule has 3 amide bonds. The molecule has 3 aromatic carbocycles. The molecule has 1 fully saturated rings. The smallest absolute Gasteiger partial charge is 0.308 e. The van der Waals surface area contributed by atoms with E-state index in [-0.39, 0.29) is 23.1 Å². The predicted molar refractivity (Wildman–Crippen MR) is 165 cm³/mol. The first-order valence-corrected chi connectivity index (χ1v) is 15.2. The summed E-state index contributed by atoms with van der Waals surface area (Å²) >= 11 is 2.08. The van der Waals surface area contributed by atoms with E-state index in [9.17, 15) is 24.3 Å². The predicted octanol–water partition coefficient (Wildman–Crippen LogP) is 4.08. The lowest BCUT2D eigenvalue weighted by molar-refractivity contribution is -0.122. The molecule has 3 unspecified atom stereocenters. The van der Waals surface area contributed by atoms with E-state index in [0.717, 1.165) is 23.1 Å². The van der Waals surface area contributed by atoms with Crippen LogP contribution in [-0.4, -0.2) is 54.0 Å². The number of thioether (sulfide) groups is 1. The van der Waals surface area contributed by atoms with Crippen LogP contribution in [0.3, 0.4) is 0 Å². The van der Waals surface area contributed by atoms with Gasteiger partial charge in [-0.15, -0.1) is 0 Å². The van der Waals surface area contributed by atoms with Gasteiger partial charge in [-0.1, -0.05) is 29.2 Å². The van der Waals surface area contributed by atoms with Crippen molar-refractivity contribution in [2.45, 2.75) is 22.7 Å². The van der Waals surface area contributed by atoms with Gasteiger partial charge in [0.05, 0.1) is 38.0 Å². The molecule has 226 valence electrons. The van der Waals surface area contributed by atoms with Crippen LogP contribution < -0.4 is 29.3 Å². The fraction of sp³-hybridized carbons (Fsp3) is 0.226. The molecule has 1 saturated heterocycles. The van der Waals surface area contributed by atoms with E-state index >= 15 is 0 Å². The summed E-state index contributed by atoms with van der Waals surface area (Å²) in [6.07, 6.45) is 0. The van der Waals surface area contributed by atoms with E-state index in [1.165, 1.54) is 42.9 Å². The minimum atomic E-state index is -0.851. The minimum Gasteiger partial charge on any atom is -0.508 e. The fourth-order valence-corrected chi connectivity index (χ4v) is 8.31. The molecule has 0 radical (unpaired) electrons. The van der Waals surface area contributed by atoms with Crippen LogP contribution in [0.25, 0.3) is 0 Å². The SMILES string of the molecule is COc1ccc(N2C(=O)C3Sc4c(sc(=O)n4CC(=O)Nc4ccc(O)cc4)C(c4ccc(OC)c(OC)c4)C3C2=O)cc1. The van der Waals surface area contributed by atoms with E-state index in [4.69, 9.17) is 14.2 Å². The van der Waals surface area contributed by atoms with Crippen LogP contribution in [-0.2, 0) is 20.9 Å². The zero-order valence-electron chi connectivity index (χ0n) is 23.8. The number of nitrogens with zero attached hydrogens (tertiary/aromatic N) is 2. The van der Waals surface area contributed by atoms with Gasteiger partial charge in [0, 0.05) is 16.5 Å². The average molecular weight is 634 g/mol. The van der Waals surface area contributed by atoms with Crippen molar-refractivity contribution in [2.24, 2.45) is 5.92 Å². The van der Waals surface area contributed by atoms with Crippen LogP contribution in [0.15, 0.2) is 76.6 Å². The highest BCUT2D eigenvalue weighted by Gasteiger charge is 2.57. The maximum atomic E-state index is 14.1. The van der Waals surface area contributed by atoms with E-state index < -0.39 is 28.9 Å². The van der Waals surface area contributed by atoms with Gasteiger partial charge < -0.3 is 24.6 Å². The number of hydrogen-bond donors (Lipinski definition) is 2. The summed E-state index contributed by atoms with van der Waals surface area (Å²) in [4.78, 5) is 55.9. The largest absolute Gasteiger partial charge is 0.508 e. The van der Waals surface area contributed by atoms with Crippen molar-refractivity contribution in [2.75, 3.05) is 31.5 Å². The molecular weight excluding hydrogens is 606 g/mol. The number of carbonyl (C=O) groups excluding carboxylic acids is 3. The number of carbonyl (C=O) groups is 3. The van der Waals surface area contributed by atoms with Crippen LogP contribution in [0.2, 0.25) is 0 Å².